The van der Waals surface area contributed by atoms with Gasteiger partial charge in [-0.1, -0.05) is 0 Å². The summed E-state index contributed by atoms with van der Waals surface area (Å²) in [7, 11) is 0. The highest BCUT2D eigenvalue weighted by molar-refractivity contribution is 5.66. The molecule has 0 radical (unpaired) electrons. The van der Waals surface area contributed by atoms with Crippen LogP contribution in [0, 0.1) is 0 Å². The molecule has 0 aromatic rings. The lowest BCUT2D eigenvalue weighted by Crippen LogP contribution is -2.20. The lowest BCUT2D eigenvalue weighted by molar-refractivity contribution is -0.169. The summed E-state index contributed by atoms with van der Waals surface area (Å²) in [6.45, 7) is 2.72. The number of carbonyl (C=O) groups excluding carboxylic acids is 2. The van der Waals surface area contributed by atoms with Crippen molar-refractivity contribution < 1.29 is 34.0 Å². The number of rotatable bonds is 8. The summed E-state index contributed by atoms with van der Waals surface area (Å²) in [4.78, 5) is 20.9. The van der Waals surface area contributed by atoms with E-state index in [4.69, 9.17) is 14.9 Å². The van der Waals surface area contributed by atoms with Crippen LogP contribution in [0.5, 0.6) is 0 Å². The molecule has 7 heteroatoms. The minimum atomic E-state index is -1.19. The highest BCUT2D eigenvalue weighted by atomic mass is 16.6. The number of aliphatic hydroxyl groups is 2. The van der Waals surface area contributed by atoms with E-state index in [-0.39, 0.29) is 26.1 Å². The highest BCUT2D eigenvalue weighted by Crippen LogP contribution is 1.99. The van der Waals surface area contributed by atoms with Gasteiger partial charge in [0.25, 0.3) is 0 Å². The van der Waals surface area contributed by atoms with Crippen molar-refractivity contribution in [1.29, 1.82) is 0 Å². The smallest absolute Gasteiger partial charge is 0.304 e. The summed E-state index contributed by atoms with van der Waals surface area (Å²) >= 11 is 0. The molecule has 100 valence electrons. The fourth-order valence-electron chi connectivity index (χ4n) is 0.971. The van der Waals surface area contributed by atoms with Crippen molar-refractivity contribution in [3.63, 3.8) is 0 Å². The third-order valence-electron chi connectivity index (χ3n) is 1.62. The van der Waals surface area contributed by atoms with Crippen LogP contribution >= 0.6 is 0 Å². The summed E-state index contributed by atoms with van der Waals surface area (Å²) in [5.74, 6) is -1.13. The fraction of sp³-hybridized carbons (Fsp3) is 0.800. The zero-order valence-electron chi connectivity index (χ0n) is 9.92. The minimum Gasteiger partial charge on any atom is -0.436 e. The highest BCUT2D eigenvalue weighted by Gasteiger charge is 2.09. The first-order chi connectivity index (χ1) is 7.91. The molecular weight excluding hydrogens is 232 g/mol. The molecule has 17 heavy (non-hydrogen) atoms. The Bertz CT molecular complexity index is 217. The van der Waals surface area contributed by atoms with Crippen molar-refractivity contribution in [3.8, 4) is 0 Å². The Morgan fingerprint density at radius 3 is 1.59 bits per heavy atom. The number of aliphatic hydroxyl groups excluding tert-OH is 2. The van der Waals surface area contributed by atoms with Crippen LogP contribution in [0.15, 0.2) is 0 Å². The number of ether oxygens (including phenoxy) is 3. The Labute approximate surface area is 99.3 Å². The predicted octanol–water partition coefficient (Wildman–Crippen LogP) is -0.454. The van der Waals surface area contributed by atoms with Crippen molar-refractivity contribution in [2.45, 2.75) is 39.3 Å². The minimum absolute atomic E-state index is 0.142. The van der Waals surface area contributed by atoms with E-state index >= 15 is 0 Å². The molecule has 0 aliphatic rings. The van der Waals surface area contributed by atoms with Gasteiger partial charge >= 0.3 is 11.9 Å². The maximum absolute atomic E-state index is 10.4. The normalized spacial score (nSPS) is 13.9. The van der Waals surface area contributed by atoms with Crippen LogP contribution in [0.4, 0.5) is 0 Å². The van der Waals surface area contributed by atoms with Gasteiger partial charge in [0.05, 0.1) is 13.2 Å². The number of carbonyl (C=O) groups is 2. The van der Waals surface area contributed by atoms with Crippen LogP contribution in [-0.4, -0.2) is 47.9 Å². The Hall–Kier alpha value is -1.18. The molecule has 0 spiro atoms. The second-order valence-electron chi connectivity index (χ2n) is 3.32. The standard InChI is InChI=1S/C10H18O7/c1-7(11)16-9(13)3-5-15-6-4-10(14)17-8(2)12/h9-10,13-14H,3-6H2,1-2H3. The van der Waals surface area contributed by atoms with Crippen LogP contribution in [-0.2, 0) is 23.8 Å². The van der Waals surface area contributed by atoms with Gasteiger partial charge < -0.3 is 24.4 Å². The zero-order valence-corrected chi connectivity index (χ0v) is 9.92. The molecule has 0 amide bonds. The van der Waals surface area contributed by atoms with E-state index in [1.165, 1.54) is 13.8 Å². The first kappa shape index (κ1) is 15.8. The van der Waals surface area contributed by atoms with Gasteiger partial charge in [-0.25, -0.2) is 0 Å². The second kappa shape index (κ2) is 8.91. The first-order valence-electron chi connectivity index (χ1n) is 5.20. The Morgan fingerprint density at radius 1 is 0.941 bits per heavy atom. The lowest BCUT2D eigenvalue weighted by Gasteiger charge is -2.12. The molecule has 0 aromatic heterocycles. The molecule has 0 aromatic carbocycles. The molecule has 2 N–H and O–H groups in total. The van der Waals surface area contributed by atoms with Crippen molar-refractivity contribution in [3.05, 3.63) is 0 Å². The molecule has 7 nitrogen and oxygen atoms in total. The Kier molecular flexibility index (Phi) is 8.29. The maximum Gasteiger partial charge on any atom is 0.304 e. The van der Waals surface area contributed by atoms with E-state index in [9.17, 15) is 9.59 Å². The van der Waals surface area contributed by atoms with Gasteiger partial charge in [-0.15, -0.1) is 0 Å². The number of hydrogen-bond donors (Lipinski definition) is 2. The third kappa shape index (κ3) is 11.1. The number of hydrogen-bond acceptors (Lipinski definition) is 7. The molecular formula is C10H18O7. The van der Waals surface area contributed by atoms with Gasteiger partial charge in [-0.05, 0) is 0 Å². The van der Waals surface area contributed by atoms with Crippen molar-refractivity contribution in [1.82, 2.24) is 0 Å². The van der Waals surface area contributed by atoms with Crippen molar-refractivity contribution in [2.24, 2.45) is 0 Å². The molecule has 0 aliphatic carbocycles. The van der Waals surface area contributed by atoms with Crippen LogP contribution in [0.25, 0.3) is 0 Å². The van der Waals surface area contributed by atoms with Gasteiger partial charge in [0.2, 0.25) is 12.6 Å². The average Bonchev–Trinajstić information content (AvgIpc) is 2.14. The molecule has 0 fully saturated rings. The lowest BCUT2D eigenvalue weighted by atomic mass is 10.4. The van der Waals surface area contributed by atoms with E-state index in [0.717, 1.165) is 0 Å². The number of esters is 2. The molecule has 0 heterocycles. The van der Waals surface area contributed by atoms with Crippen LogP contribution < -0.4 is 0 Å². The van der Waals surface area contributed by atoms with Gasteiger partial charge in [0.1, 0.15) is 0 Å². The van der Waals surface area contributed by atoms with Gasteiger partial charge in [0.15, 0.2) is 0 Å². The molecule has 2 unspecified atom stereocenters. The van der Waals surface area contributed by atoms with Gasteiger partial charge in [-0.3, -0.25) is 9.59 Å². The molecule has 0 aliphatic heterocycles. The summed E-state index contributed by atoms with van der Waals surface area (Å²) in [6, 6.07) is 0. The molecule has 0 rings (SSSR count). The predicted molar refractivity (Wildman–Crippen MR) is 55.6 cm³/mol. The van der Waals surface area contributed by atoms with Crippen molar-refractivity contribution in [2.75, 3.05) is 13.2 Å². The van der Waals surface area contributed by atoms with Crippen LogP contribution in [0.1, 0.15) is 26.7 Å². The third-order valence-corrected chi connectivity index (χ3v) is 1.62. The van der Waals surface area contributed by atoms with E-state index in [1.807, 2.05) is 0 Å². The summed E-state index contributed by atoms with van der Waals surface area (Å²) in [5.41, 5.74) is 0. The van der Waals surface area contributed by atoms with Gasteiger partial charge in [-0.2, -0.15) is 0 Å². The molecule has 0 saturated heterocycles. The van der Waals surface area contributed by atoms with Gasteiger partial charge in [0, 0.05) is 26.7 Å². The van der Waals surface area contributed by atoms with E-state index in [0.29, 0.717) is 0 Å². The zero-order chi connectivity index (χ0) is 13.3. The van der Waals surface area contributed by atoms with Crippen LogP contribution in [0.3, 0.4) is 0 Å². The molecule has 0 bridgehead atoms. The van der Waals surface area contributed by atoms with E-state index in [1.54, 1.807) is 0 Å². The summed E-state index contributed by atoms with van der Waals surface area (Å²) in [5, 5.41) is 18.2. The quantitative estimate of drug-likeness (QED) is 0.341. The average molecular weight is 250 g/mol. The maximum atomic E-state index is 10.4. The van der Waals surface area contributed by atoms with E-state index < -0.39 is 24.5 Å². The monoisotopic (exact) mass is 250 g/mol. The second-order valence-corrected chi connectivity index (χ2v) is 3.32. The Morgan fingerprint density at radius 2 is 1.29 bits per heavy atom. The van der Waals surface area contributed by atoms with E-state index in [2.05, 4.69) is 9.47 Å². The molecule has 0 saturated carbocycles. The topological polar surface area (TPSA) is 102 Å². The SMILES string of the molecule is CC(=O)OC(O)CCOCCC(O)OC(C)=O. The van der Waals surface area contributed by atoms with Crippen molar-refractivity contribution >= 4 is 11.9 Å². The van der Waals surface area contributed by atoms with Crippen LogP contribution in [0.2, 0.25) is 0 Å². The summed E-state index contributed by atoms with van der Waals surface area (Å²) in [6.07, 6.45) is -2.09. The first-order valence-corrected chi connectivity index (χ1v) is 5.20. The Balaban J connectivity index is 3.39. The fourth-order valence-corrected chi connectivity index (χ4v) is 0.971. The summed E-state index contributed by atoms with van der Waals surface area (Å²) < 4.78 is 13.9. The largest absolute Gasteiger partial charge is 0.436 e. The molecule has 2 atom stereocenters.